The van der Waals surface area contributed by atoms with Crippen LogP contribution in [-0.4, -0.2) is 35.6 Å². The van der Waals surface area contributed by atoms with Crippen LogP contribution >= 0.6 is 23.2 Å². The van der Waals surface area contributed by atoms with Crippen LogP contribution in [0, 0.1) is 18.3 Å². The molecule has 1 aromatic carbocycles. The zero-order valence-electron chi connectivity index (χ0n) is 17.2. The SMILES string of the molecule is COCCNC(=O)/C(C#N)=C\c1c(Oc2ccc(Cl)cc2Cl)nc2c(C)cccn2c1=O. The second-order valence-corrected chi connectivity index (χ2v) is 7.46. The molecular formula is C22H18Cl2N4O4. The summed E-state index contributed by atoms with van der Waals surface area (Å²) in [6.45, 7) is 2.26. The Bertz CT molecular complexity index is 1310. The summed E-state index contributed by atoms with van der Waals surface area (Å²) in [4.78, 5) is 30.1. The molecule has 2 heterocycles. The second-order valence-electron chi connectivity index (χ2n) is 6.62. The third kappa shape index (κ3) is 5.08. The largest absolute Gasteiger partial charge is 0.437 e. The number of nitrogens with zero attached hydrogens (tertiary/aromatic N) is 3. The molecule has 3 rings (SSSR count). The lowest BCUT2D eigenvalue weighted by molar-refractivity contribution is -0.117. The molecule has 0 atom stereocenters. The van der Waals surface area contributed by atoms with Crippen LogP contribution in [0.15, 0.2) is 46.9 Å². The van der Waals surface area contributed by atoms with Crippen molar-refractivity contribution in [3.63, 3.8) is 0 Å². The molecule has 2 aromatic heterocycles. The Kier molecular flexibility index (Phi) is 7.49. The molecule has 8 nitrogen and oxygen atoms in total. The number of hydrogen-bond acceptors (Lipinski definition) is 6. The van der Waals surface area contributed by atoms with E-state index >= 15 is 0 Å². The van der Waals surface area contributed by atoms with Crippen molar-refractivity contribution < 1.29 is 14.3 Å². The van der Waals surface area contributed by atoms with E-state index in [4.69, 9.17) is 32.7 Å². The number of benzene rings is 1. The lowest BCUT2D eigenvalue weighted by atomic mass is 10.1. The van der Waals surface area contributed by atoms with Crippen molar-refractivity contribution in [1.82, 2.24) is 14.7 Å². The monoisotopic (exact) mass is 472 g/mol. The molecule has 0 unspecified atom stereocenters. The van der Waals surface area contributed by atoms with Gasteiger partial charge in [-0.05, 0) is 42.8 Å². The van der Waals surface area contributed by atoms with Gasteiger partial charge in [-0.25, -0.2) is 0 Å². The normalized spacial score (nSPS) is 11.3. The molecule has 1 amide bonds. The van der Waals surface area contributed by atoms with Gasteiger partial charge < -0.3 is 14.8 Å². The fraction of sp³-hybridized carbons (Fsp3) is 0.182. The number of fused-ring (bicyclic) bond motifs is 1. The summed E-state index contributed by atoms with van der Waals surface area (Å²) in [5, 5.41) is 12.7. The van der Waals surface area contributed by atoms with Crippen LogP contribution in [0.5, 0.6) is 11.6 Å². The molecule has 3 aromatic rings. The molecule has 0 spiro atoms. The first-order valence-electron chi connectivity index (χ1n) is 9.39. The van der Waals surface area contributed by atoms with Crippen LogP contribution in [0.2, 0.25) is 10.0 Å². The number of halogens is 2. The maximum Gasteiger partial charge on any atom is 0.269 e. The smallest absolute Gasteiger partial charge is 0.269 e. The Balaban J connectivity index is 2.17. The number of carbonyl (C=O) groups excluding carboxylic acids is 1. The first-order valence-corrected chi connectivity index (χ1v) is 10.1. The van der Waals surface area contributed by atoms with Crippen molar-refractivity contribution in [2.45, 2.75) is 6.92 Å². The molecule has 164 valence electrons. The molecule has 32 heavy (non-hydrogen) atoms. The molecule has 0 saturated heterocycles. The molecule has 0 aliphatic carbocycles. The summed E-state index contributed by atoms with van der Waals surface area (Å²) < 4.78 is 12.0. The minimum absolute atomic E-state index is 0.0856. The van der Waals surface area contributed by atoms with Gasteiger partial charge in [0, 0.05) is 24.9 Å². The van der Waals surface area contributed by atoms with E-state index in [1.807, 2.05) is 6.07 Å². The van der Waals surface area contributed by atoms with Crippen LogP contribution in [0.4, 0.5) is 0 Å². The van der Waals surface area contributed by atoms with Crippen molar-refractivity contribution >= 4 is 40.8 Å². The van der Waals surface area contributed by atoms with Crippen molar-refractivity contribution in [3.8, 4) is 17.7 Å². The highest BCUT2D eigenvalue weighted by Crippen LogP contribution is 2.32. The number of nitrogens with one attached hydrogen (secondary N) is 1. The van der Waals surface area contributed by atoms with Crippen molar-refractivity contribution in [3.05, 3.63) is 73.6 Å². The minimum Gasteiger partial charge on any atom is -0.437 e. The molecule has 0 radical (unpaired) electrons. The maximum atomic E-state index is 13.2. The van der Waals surface area contributed by atoms with Gasteiger partial charge in [-0.2, -0.15) is 10.2 Å². The van der Waals surface area contributed by atoms with Gasteiger partial charge in [-0.15, -0.1) is 0 Å². The number of aromatic nitrogens is 2. The number of carbonyl (C=O) groups is 1. The fourth-order valence-electron chi connectivity index (χ4n) is 2.81. The molecule has 0 saturated carbocycles. The van der Waals surface area contributed by atoms with E-state index in [1.165, 1.54) is 23.6 Å². The zero-order valence-corrected chi connectivity index (χ0v) is 18.7. The summed E-state index contributed by atoms with van der Waals surface area (Å²) in [6.07, 6.45) is 2.68. The van der Waals surface area contributed by atoms with Crippen molar-refractivity contribution in [2.24, 2.45) is 0 Å². The zero-order chi connectivity index (χ0) is 23.3. The Morgan fingerprint density at radius 1 is 1.34 bits per heavy atom. The number of amides is 1. The lowest BCUT2D eigenvalue weighted by Crippen LogP contribution is -2.28. The van der Waals surface area contributed by atoms with Gasteiger partial charge in [0.1, 0.15) is 28.6 Å². The maximum absolute atomic E-state index is 13.2. The highest BCUT2D eigenvalue weighted by atomic mass is 35.5. The standard InChI is InChI=1S/C22H18Cl2N4O4/c1-13-4-3-8-28-19(13)27-21(32-18-6-5-15(23)11-17(18)24)16(22(28)30)10-14(12-25)20(29)26-7-9-31-2/h3-6,8,10-11H,7,9H2,1-2H3,(H,26,29)/b14-10-. The van der Waals surface area contributed by atoms with Crippen LogP contribution in [-0.2, 0) is 9.53 Å². The predicted molar refractivity (Wildman–Crippen MR) is 121 cm³/mol. The van der Waals surface area contributed by atoms with Crippen molar-refractivity contribution in [1.29, 1.82) is 5.26 Å². The number of hydrogen-bond donors (Lipinski definition) is 1. The molecule has 0 aliphatic rings. The van der Waals surface area contributed by atoms with E-state index in [-0.39, 0.29) is 40.9 Å². The Morgan fingerprint density at radius 2 is 2.12 bits per heavy atom. The average molecular weight is 473 g/mol. The summed E-state index contributed by atoms with van der Waals surface area (Å²) >= 11 is 12.2. The topological polar surface area (TPSA) is 106 Å². The number of ether oxygens (including phenoxy) is 2. The quantitative estimate of drug-likeness (QED) is 0.318. The second kappa shape index (κ2) is 10.3. The molecule has 1 N–H and O–H groups in total. The Hall–Kier alpha value is -3.38. The number of nitriles is 1. The molecule has 0 fully saturated rings. The molecule has 0 bridgehead atoms. The Labute approximate surface area is 193 Å². The third-order valence-corrected chi connectivity index (χ3v) is 4.93. The van der Waals surface area contributed by atoms with Gasteiger partial charge in [0.15, 0.2) is 0 Å². The van der Waals surface area contributed by atoms with Crippen molar-refractivity contribution in [2.75, 3.05) is 20.3 Å². The minimum atomic E-state index is -0.659. The first-order chi connectivity index (χ1) is 15.3. The summed E-state index contributed by atoms with van der Waals surface area (Å²) in [5.41, 5.74) is 0.191. The van der Waals surface area contributed by atoms with Crippen LogP contribution in [0.1, 0.15) is 11.1 Å². The van der Waals surface area contributed by atoms with Crippen LogP contribution in [0.3, 0.4) is 0 Å². The number of methoxy groups -OCH3 is 1. The number of pyridine rings is 1. The number of rotatable bonds is 7. The predicted octanol–water partition coefficient (Wildman–Crippen LogP) is 3.77. The molecular weight excluding hydrogens is 455 g/mol. The van der Waals surface area contributed by atoms with E-state index in [2.05, 4.69) is 10.3 Å². The molecule has 10 heteroatoms. The van der Waals surface area contributed by atoms with E-state index in [0.717, 1.165) is 11.6 Å². The Morgan fingerprint density at radius 3 is 2.81 bits per heavy atom. The number of aryl methyl sites for hydroxylation is 1. The summed E-state index contributed by atoms with van der Waals surface area (Å²) in [5.74, 6) is -0.557. The highest BCUT2D eigenvalue weighted by molar-refractivity contribution is 6.35. The van der Waals surface area contributed by atoms with Crippen LogP contribution in [0.25, 0.3) is 11.7 Å². The van der Waals surface area contributed by atoms with Gasteiger partial charge in [0.2, 0.25) is 5.88 Å². The lowest BCUT2D eigenvalue weighted by Gasteiger charge is -2.12. The third-order valence-electron chi connectivity index (χ3n) is 4.40. The first kappa shape index (κ1) is 23.3. The van der Waals surface area contributed by atoms with Gasteiger partial charge in [-0.1, -0.05) is 29.3 Å². The molecule has 0 aliphatic heterocycles. The van der Waals surface area contributed by atoms with Gasteiger partial charge in [0.05, 0.1) is 11.6 Å². The fourth-order valence-corrected chi connectivity index (χ4v) is 3.26. The van der Waals surface area contributed by atoms with Crippen LogP contribution < -0.4 is 15.6 Å². The van der Waals surface area contributed by atoms with Gasteiger partial charge >= 0.3 is 0 Å². The van der Waals surface area contributed by atoms with E-state index in [1.54, 1.807) is 31.3 Å². The highest BCUT2D eigenvalue weighted by Gasteiger charge is 2.18. The van der Waals surface area contributed by atoms with E-state index in [0.29, 0.717) is 10.7 Å². The summed E-state index contributed by atoms with van der Waals surface area (Å²) in [6, 6.07) is 9.88. The van der Waals surface area contributed by atoms with E-state index in [9.17, 15) is 14.9 Å². The summed E-state index contributed by atoms with van der Waals surface area (Å²) in [7, 11) is 1.49. The van der Waals surface area contributed by atoms with Gasteiger partial charge in [0.25, 0.3) is 11.5 Å². The van der Waals surface area contributed by atoms with Gasteiger partial charge in [-0.3, -0.25) is 14.0 Å². The average Bonchev–Trinajstić information content (AvgIpc) is 2.76. The van der Waals surface area contributed by atoms with E-state index < -0.39 is 11.5 Å².